The smallest absolute Gasteiger partial charge is 0.193 e. The van der Waals surface area contributed by atoms with Gasteiger partial charge in [-0.3, -0.25) is 4.99 Å². The van der Waals surface area contributed by atoms with Crippen LogP contribution in [-0.4, -0.2) is 46.9 Å². The average Bonchev–Trinajstić information content (AvgIpc) is 2.93. The summed E-state index contributed by atoms with van der Waals surface area (Å²) >= 11 is 0. The highest BCUT2D eigenvalue weighted by Gasteiger charge is 2.23. The largest absolute Gasteiger partial charge is 0.356 e. The molecule has 0 bridgehead atoms. The second kappa shape index (κ2) is 7.02. The number of hydrogen-bond donors (Lipinski definition) is 1. The average molecular weight is 313 g/mol. The standard InChI is InChI=1S/C18H27N5/c1-14-10-15(2)12-23(11-14)18(19-3)20-8-7-16-13-22-9-5-4-6-17(22)21-16/h4-6,9,13-15H,7-8,10-12H2,1-3H3,(H,19,20). The van der Waals surface area contributed by atoms with Crippen molar-refractivity contribution in [2.24, 2.45) is 16.8 Å². The second-order valence-corrected chi connectivity index (χ2v) is 6.77. The molecule has 1 aliphatic rings. The van der Waals surface area contributed by atoms with Gasteiger partial charge in [-0.15, -0.1) is 0 Å². The van der Waals surface area contributed by atoms with E-state index in [1.807, 2.05) is 31.4 Å². The van der Waals surface area contributed by atoms with E-state index in [0.29, 0.717) is 0 Å². The summed E-state index contributed by atoms with van der Waals surface area (Å²) in [7, 11) is 1.87. The Balaban J connectivity index is 1.56. The first-order chi connectivity index (χ1) is 11.2. The van der Waals surface area contributed by atoms with E-state index in [-0.39, 0.29) is 0 Å². The van der Waals surface area contributed by atoms with Crippen LogP contribution in [0.15, 0.2) is 35.6 Å². The number of aliphatic imine (C=N–C) groups is 1. The zero-order valence-corrected chi connectivity index (χ0v) is 14.4. The summed E-state index contributed by atoms with van der Waals surface area (Å²) in [6, 6.07) is 6.08. The van der Waals surface area contributed by atoms with E-state index in [9.17, 15) is 0 Å². The molecule has 0 spiro atoms. The quantitative estimate of drug-likeness (QED) is 0.699. The second-order valence-electron chi connectivity index (χ2n) is 6.77. The van der Waals surface area contributed by atoms with E-state index < -0.39 is 0 Å². The number of rotatable bonds is 3. The molecule has 0 amide bonds. The first-order valence-corrected chi connectivity index (χ1v) is 8.54. The van der Waals surface area contributed by atoms with E-state index in [0.717, 1.165) is 55.2 Å². The van der Waals surface area contributed by atoms with Gasteiger partial charge < -0.3 is 14.6 Å². The highest BCUT2D eigenvalue weighted by Crippen LogP contribution is 2.20. The monoisotopic (exact) mass is 313 g/mol. The van der Waals surface area contributed by atoms with Gasteiger partial charge in [0, 0.05) is 45.5 Å². The van der Waals surface area contributed by atoms with Crippen molar-refractivity contribution in [1.29, 1.82) is 0 Å². The molecule has 1 fully saturated rings. The lowest BCUT2D eigenvalue weighted by Gasteiger charge is -2.37. The Hall–Kier alpha value is -2.04. The van der Waals surface area contributed by atoms with Crippen LogP contribution in [0.2, 0.25) is 0 Å². The van der Waals surface area contributed by atoms with E-state index in [4.69, 9.17) is 0 Å². The predicted molar refractivity (Wildman–Crippen MR) is 94.8 cm³/mol. The van der Waals surface area contributed by atoms with Gasteiger partial charge in [0.25, 0.3) is 0 Å². The molecule has 0 aromatic carbocycles. The summed E-state index contributed by atoms with van der Waals surface area (Å²) in [5.41, 5.74) is 2.12. The topological polar surface area (TPSA) is 44.9 Å². The number of hydrogen-bond acceptors (Lipinski definition) is 2. The van der Waals surface area contributed by atoms with Crippen molar-refractivity contribution >= 4 is 11.6 Å². The van der Waals surface area contributed by atoms with Gasteiger partial charge in [0.15, 0.2) is 5.96 Å². The summed E-state index contributed by atoms with van der Waals surface area (Å²) in [6.45, 7) is 7.70. The molecule has 2 atom stereocenters. The molecule has 124 valence electrons. The SMILES string of the molecule is CN=C(NCCc1cn2ccccc2n1)N1CC(C)CC(C)C1. The molecule has 5 heteroatoms. The first-order valence-electron chi connectivity index (χ1n) is 8.54. The predicted octanol–water partition coefficient (Wildman–Crippen LogP) is 2.43. The number of piperidine rings is 1. The number of likely N-dealkylation sites (tertiary alicyclic amines) is 1. The van der Waals surface area contributed by atoms with Crippen LogP contribution in [0.5, 0.6) is 0 Å². The van der Waals surface area contributed by atoms with Gasteiger partial charge in [0.1, 0.15) is 5.65 Å². The van der Waals surface area contributed by atoms with Gasteiger partial charge in [0.05, 0.1) is 5.69 Å². The molecule has 2 aromatic heterocycles. The van der Waals surface area contributed by atoms with Crippen molar-refractivity contribution in [3.05, 3.63) is 36.3 Å². The van der Waals surface area contributed by atoms with Crippen LogP contribution in [0.3, 0.4) is 0 Å². The Kier molecular flexibility index (Phi) is 4.84. The molecule has 0 radical (unpaired) electrons. The third-order valence-electron chi connectivity index (χ3n) is 4.46. The maximum absolute atomic E-state index is 4.64. The van der Waals surface area contributed by atoms with Crippen molar-refractivity contribution in [3.63, 3.8) is 0 Å². The zero-order chi connectivity index (χ0) is 16.2. The minimum Gasteiger partial charge on any atom is -0.356 e. The molecule has 0 saturated carbocycles. The number of nitrogens with one attached hydrogen (secondary N) is 1. The molecular weight excluding hydrogens is 286 g/mol. The van der Waals surface area contributed by atoms with Crippen LogP contribution >= 0.6 is 0 Å². The van der Waals surface area contributed by atoms with Gasteiger partial charge in [-0.1, -0.05) is 19.9 Å². The number of guanidine groups is 1. The summed E-state index contributed by atoms with van der Waals surface area (Å²) in [6.07, 6.45) is 6.36. The Labute approximate surface area is 138 Å². The number of aromatic nitrogens is 2. The molecule has 1 saturated heterocycles. The van der Waals surface area contributed by atoms with Crippen molar-refractivity contribution < 1.29 is 0 Å². The highest BCUT2D eigenvalue weighted by atomic mass is 15.3. The third kappa shape index (κ3) is 3.84. The highest BCUT2D eigenvalue weighted by molar-refractivity contribution is 5.80. The van der Waals surface area contributed by atoms with Crippen molar-refractivity contribution in [2.45, 2.75) is 26.7 Å². The molecule has 2 aromatic rings. The summed E-state index contributed by atoms with van der Waals surface area (Å²) in [4.78, 5) is 11.5. The maximum Gasteiger partial charge on any atom is 0.193 e. The molecule has 3 heterocycles. The van der Waals surface area contributed by atoms with Gasteiger partial charge in [-0.2, -0.15) is 0 Å². The minimum atomic E-state index is 0.732. The van der Waals surface area contributed by atoms with Gasteiger partial charge in [0.2, 0.25) is 0 Å². The van der Waals surface area contributed by atoms with Crippen LogP contribution in [0.1, 0.15) is 26.0 Å². The Bertz CT molecular complexity index is 632. The first kappa shape index (κ1) is 15.8. The Morgan fingerprint density at radius 1 is 1.30 bits per heavy atom. The molecule has 23 heavy (non-hydrogen) atoms. The Morgan fingerprint density at radius 2 is 2.09 bits per heavy atom. The number of nitrogens with zero attached hydrogens (tertiary/aromatic N) is 4. The molecule has 1 N–H and O–H groups in total. The Morgan fingerprint density at radius 3 is 2.78 bits per heavy atom. The molecule has 2 unspecified atom stereocenters. The fraction of sp³-hybridized carbons (Fsp3) is 0.556. The third-order valence-corrected chi connectivity index (χ3v) is 4.46. The van der Waals surface area contributed by atoms with Crippen LogP contribution in [0.25, 0.3) is 5.65 Å². The van der Waals surface area contributed by atoms with Crippen LogP contribution in [0.4, 0.5) is 0 Å². The summed E-state index contributed by atoms with van der Waals surface area (Å²) < 4.78 is 2.07. The van der Waals surface area contributed by atoms with E-state index >= 15 is 0 Å². The number of fused-ring (bicyclic) bond motifs is 1. The van der Waals surface area contributed by atoms with Crippen molar-refractivity contribution in [1.82, 2.24) is 19.6 Å². The molecule has 5 nitrogen and oxygen atoms in total. The molecule has 0 aliphatic carbocycles. The van der Waals surface area contributed by atoms with Gasteiger partial charge >= 0.3 is 0 Å². The van der Waals surface area contributed by atoms with E-state index in [1.54, 1.807) is 0 Å². The van der Waals surface area contributed by atoms with Gasteiger partial charge in [-0.05, 0) is 30.4 Å². The maximum atomic E-state index is 4.64. The fourth-order valence-electron chi connectivity index (χ4n) is 3.58. The lowest BCUT2D eigenvalue weighted by atomic mass is 9.92. The van der Waals surface area contributed by atoms with Crippen molar-refractivity contribution in [3.8, 4) is 0 Å². The van der Waals surface area contributed by atoms with E-state index in [1.165, 1.54) is 6.42 Å². The number of pyridine rings is 1. The summed E-state index contributed by atoms with van der Waals surface area (Å²) in [5.74, 6) is 2.48. The normalized spacial score (nSPS) is 22.6. The lowest BCUT2D eigenvalue weighted by molar-refractivity contribution is 0.208. The fourth-order valence-corrected chi connectivity index (χ4v) is 3.58. The molecule has 1 aliphatic heterocycles. The van der Waals surface area contributed by atoms with Crippen molar-refractivity contribution in [2.75, 3.05) is 26.7 Å². The summed E-state index contributed by atoms with van der Waals surface area (Å²) in [5, 5.41) is 3.50. The molecule has 3 rings (SSSR count). The van der Waals surface area contributed by atoms with Crippen LogP contribution < -0.4 is 5.32 Å². The van der Waals surface area contributed by atoms with Crippen LogP contribution in [-0.2, 0) is 6.42 Å². The number of imidazole rings is 1. The minimum absolute atomic E-state index is 0.732. The molecular formula is C18H27N5. The lowest BCUT2D eigenvalue weighted by Crippen LogP contribution is -2.48. The van der Waals surface area contributed by atoms with Gasteiger partial charge in [-0.25, -0.2) is 4.98 Å². The zero-order valence-electron chi connectivity index (χ0n) is 14.4. The van der Waals surface area contributed by atoms with Crippen LogP contribution in [0, 0.1) is 11.8 Å². The van der Waals surface area contributed by atoms with E-state index in [2.05, 4.69) is 44.6 Å².